The Kier molecular flexibility index (Phi) is 8.16. The Morgan fingerprint density at radius 2 is 1.62 bits per heavy atom. The number of rotatable bonds is 8. The van der Waals surface area contributed by atoms with E-state index in [9.17, 15) is 19.6 Å². The van der Waals surface area contributed by atoms with Gasteiger partial charge in [-0.25, -0.2) is 0 Å². The first-order valence-corrected chi connectivity index (χ1v) is 11.1. The predicted molar refractivity (Wildman–Crippen MR) is 126 cm³/mol. The zero-order valence-corrected chi connectivity index (χ0v) is 19.6. The van der Waals surface area contributed by atoms with E-state index < -0.39 is 23.7 Å². The van der Waals surface area contributed by atoms with Crippen molar-refractivity contribution in [3.8, 4) is 17.6 Å². The molecular formula is C24H23N3O6S. The summed E-state index contributed by atoms with van der Waals surface area (Å²) in [6.07, 6.45) is 0. The fourth-order valence-corrected chi connectivity index (χ4v) is 4.35. The second kappa shape index (κ2) is 11.2. The molecule has 2 aromatic carbocycles. The summed E-state index contributed by atoms with van der Waals surface area (Å²) >= 11 is 1.01. The van der Waals surface area contributed by atoms with E-state index in [0.717, 1.165) is 11.8 Å². The molecular weight excluding hydrogens is 458 g/mol. The summed E-state index contributed by atoms with van der Waals surface area (Å²) in [6, 6.07) is 15.7. The molecule has 0 radical (unpaired) electrons. The summed E-state index contributed by atoms with van der Waals surface area (Å²) < 4.78 is 15.1. The minimum Gasteiger partial charge on any atom is -0.497 e. The van der Waals surface area contributed by atoms with E-state index in [4.69, 9.17) is 14.2 Å². The monoisotopic (exact) mass is 481 g/mol. The minimum absolute atomic E-state index is 0.0644. The number of thioether (sulfide) groups is 1. The molecule has 2 aromatic rings. The number of carbonyl (C=O) groups excluding carboxylic acids is 3. The van der Waals surface area contributed by atoms with Crippen LogP contribution >= 0.6 is 11.8 Å². The van der Waals surface area contributed by atoms with E-state index in [-0.39, 0.29) is 22.3 Å². The van der Waals surface area contributed by atoms with Crippen molar-refractivity contribution in [2.45, 2.75) is 5.92 Å². The van der Waals surface area contributed by atoms with Gasteiger partial charge in [-0.2, -0.15) is 5.26 Å². The van der Waals surface area contributed by atoms with Crippen molar-refractivity contribution in [3.63, 3.8) is 0 Å². The zero-order valence-electron chi connectivity index (χ0n) is 18.8. The first-order valence-electron chi connectivity index (χ1n) is 10.2. The number of methoxy groups -OCH3 is 3. The largest absolute Gasteiger partial charge is 0.497 e. The fraction of sp³-hybridized carbons (Fsp3) is 0.250. The number of anilines is 1. The smallest absolute Gasteiger partial charge is 0.319 e. The van der Waals surface area contributed by atoms with Crippen molar-refractivity contribution in [3.05, 3.63) is 64.7 Å². The number of nitrogens with zero attached hydrogens (tertiary/aromatic N) is 1. The number of benzene rings is 2. The van der Waals surface area contributed by atoms with Crippen LogP contribution in [0.25, 0.3) is 0 Å². The Morgan fingerprint density at radius 3 is 2.15 bits per heavy atom. The van der Waals surface area contributed by atoms with Gasteiger partial charge >= 0.3 is 5.97 Å². The molecule has 9 nitrogen and oxygen atoms in total. The standard InChI is InChI=1S/C24H23N3O6S/c1-31-16-8-4-14(5-9-16)20-18(12-25)23(27-22(29)21(20)24(30)33-3)34-13-19(28)26-15-6-10-17(32-2)11-7-15/h4-11,20-21H,13H2,1-3H3,(H,26,28)(H,27,29)/t20-,21-/m1/s1. The van der Waals surface area contributed by atoms with Gasteiger partial charge in [0.2, 0.25) is 11.8 Å². The van der Waals surface area contributed by atoms with Gasteiger partial charge in [-0.15, -0.1) is 0 Å². The van der Waals surface area contributed by atoms with Gasteiger partial charge in [0.15, 0.2) is 0 Å². The molecule has 0 aromatic heterocycles. The van der Waals surface area contributed by atoms with E-state index in [2.05, 4.69) is 16.7 Å². The molecule has 176 valence electrons. The lowest BCUT2D eigenvalue weighted by Crippen LogP contribution is -2.44. The second-order valence-electron chi connectivity index (χ2n) is 7.16. The van der Waals surface area contributed by atoms with Crippen LogP contribution in [0.3, 0.4) is 0 Å². The molecule has 1 heterocycles. The molecule has 34 heavy (non-hydrogen) atoms. The summed E-state index contributed by atoms with van der Waals surface area (Å²) in [5.74, 6) is -2.63. The van der Waals surface area contributed by atoms with E-state index in [1.165, 1.54) is 14.2 Å². The molecule has 3 rings (SSSR count). The Balaban J connectivity index is 1.85. The molecule has 0 spiro atoms. The Bertz CT molecular complexity index is 1140. The lowest BCUT2D eigenvalue weighted by Gasteiger charge is -2.31. The van der Waals surface area contributed by atoms with Crippen molar-refractivity contribution in [1.82, 2.24) is 5.32 Å². The molecule has 1 aliphatic heterocycles. The molecule has 2 N–H and O–H groups in total. The second-order valence-corrected chi connectivity index (χ2v) is 8.15. The first-order chi connectivity index (χ1) is 16.4. The van der Waals surface area contributed by atoms with E-state index in [1.54, 1.807) is 55.6 Å². The van der Waals surface area contributed by atoms with Gasteiger partial charge in [-0.1, -0.05) is 23.9 Å². The lowest BCUT2D eigenvalue weighted by molar-refractivity contribution is -0.150. The third-order valence-electron chi connectivity index (χ3n) is 5.18. The molecule has 0 aliphatic carbocycles. The van der Waals surface area contributed by atoms with Crippen LogP contribution in [0.2, 0.25) is 0 Å². The van der Waals surface area contributed by atoms with Gasteiger partial charge < -0.3 is 24.8 Å². The highest BCUT2D eigenvalue weighted by Crippen LogP contribution is 2.40. The molecule has 0 saturated heterocycles. The van der Waals surface area contributed by atoms with E-state index in [0.29, 0.717) is 22.7 Å². The van der Waals surface area contributed by atoms with Crippen LogP contribution in [0.5, 0.6) is 11.5 Å². The van der Waals surface area contributed by atoms with Gasteiger partial charge in [0.25, 0.3) is 0 Å². The van der Waals surface area contributed by atoms with E-state index in [1.807, 2.05) is 0 Å². The lowest BCUT2D eigenvalue weighted by atomic mass is 9.78. The van der Waals surface area contributed by atoms with Gasteiger partial charge in [-0.05, 0) is 42.0 Å². The first kappa shape index (κ1) is 24.7. The maximum atomic E-state index is 12.9. The van der Waals surface area contributed by atoms with Crippen LogP contribution in [0.1, 0.15) is 11.5 Å². The number of carbonyl (C=O) groups is 3. The SMILES string of the molecule is COC(=O)[C@H]1C(=O)NC(SCC(=O)Nc2ccc(OC)cc2)=C(C#N)[C@H]1c1ccc(OC)cc1. The number of nitrogens with one attached hydrogen (secondary N) is 2. The van der Waals surface area contributed by atoms with Crippen LogP contribution in [0, 0.1) is 17.2 Å². The molecule has 0 unspecified atom stereocenters. The average Bonchev–Trinajstić information content (AvgIpc) is 2.87. The van der Waals surface area contributed by atoms with Crippen molar-refractivity contribution >= 4 is 35.2 Å². The quantitative estimate of drug-likeness (QED) is 0.435. The van der Waals surface area contributed by atoms with Crippen LogP contribution < -0.4 is 20.1 Å². The van der Waals surface area contributed by atoms with Crippen LogP contribution in [-0.4, -0.2) is 44.9 Å². The number of ether oxygens (including phenoxy) is 3. The fourth-order valence-electron chi connectivity index (χ4n) is 3.50. The highest BCUT2D eigenvalue weighted by Gasteiger charge is 2.44. The van der Waals surface area contributed by atoms with Crippen molar-refractivity contribution < 1.29 is 28.6 Å². The number of nitriles is 1. The maximum absolute atomic E-state index is 12.9. The molecule has 0 bridgehead atoms. The van der Waals surface area contributed by atoms with E-state index >= 15 is 0 Å². The van der Waals surface area contributed by atoms with Gasteiger partial charge in [0.1, 0.15) is 17.4 Å². The molecule has 0 fully saturated rings. The Morgan fingerprint density at radius 1 is 1.03 bits per heavy atom. The minimum atomic E-state index is -1.24. The summed E-state index contributed by atoms with van der Waals surface area (Å²) in [6.45, 7) is 0. The molecule has 2 atom stereocenters. The highest BCUT2D eigenvalue weighted by atomic mass is 32.2. The molecule has 2 amide bonds. The average molecular weight is 482 g/mol. The molecule has 10 heteroatoms. The van der Waals surface area contributed by atoms with Crippen LogP contribution in [-0.2, 0) is 19.1 Å². The number of allylic oxidation sites excluding steroid dienone is 1. The summed E-state index contributed by atoms with van der Waals surface area (Å²) in [4.78, 5) is 37.8. The third kappa shape index (κ3) is 5.50. The van der Waals surface area contributed by atoms with Gasteiger partial charge in [-0.3, -0.25) is 14.4 Å². The summed E-state index contributed by atoms with van der Waals surface area (Å²) in [7, 11) is 4.25. The van der Waals surface area contributed by atoms with Crippen LogP contribution in [0.4, 0.5) is 5.69 Å². The van der Waals surface area contributed by atoms with Gasteiger partial charge in [0.05, 0.1) is 43.8 Å². The van der Waals surface area contributed by atoms with Crippen molar-refractivity contribution in [2.24, 2.45) is 5.92 Å². The summed E-state index contributed by atoms with van der Waals surface area (Å²) in [5, 5.41) is 15.5. The predicted octanol–water partition coefficient (Wildman–Crippen LogP) is 2.81. The van der Waals surface area contributed by atoms with Crippen LogP contribution in [0.15, 0.2) is 59.1 Å². The summed E-state index contributed by atoms with van der Waals surface area (Å²) in [5.41, 5.74) is 1.32. The Labute approximate surface area is 201 Å². The maximum Gasteiger partial charge on any atom is 0.319 e. The topological polar surface area (TPSA) is 127 Å². The molecule has 1 aliphatic rings. The number of hydrogen-bond donors (Lipinski definition) is 2. The normalized spacial score (nSPS) is 17.3. The highest BCUT2D eigenvalue weighted by molar-refractivity contribution is 8.03. The zero-order chi connectivity index (χ0) is 24.7. The number of esters is 1. The van der Waals surface area contributed by atoms with Gasteiger partial charge in [0, 0.05) is 11.6 Å². The third-order valence-corrected chi connectivity index (χ3v) is 6.20. The molecule has 0 saturated carbocycles. The number of amides is 2. The van der Waals surface area contributed by atoms with Crippen molar-refractivity contribution in [1.29, 1.82) is 5.26 Å². The number of hydrogen-bond acceptors (Lipinski definition) is 8. The Hall–Kier alpha value is -3.97. The van der Waals surface area contributed by atoms with Crippen molar-refractivity contribution in [2.75, 3.05) is 32.4 Å².